The molecule has 0 unspecified atom stereocenters. The van der Waals surface area contributed by atoms with Gasteiger partial charge in [-0.15, -0.1) is 0 Å². The number of carbonyl (C=O) groups is 1. The van der Waals surface area contributed by atoms with Gasteiger partial charge in [-0.2, -0.15) is 13.2 Å². The Kier molecular flexibility index (Phi) is 4.95. The number of alkyl halides is 3. The molecule has 0 N–H and O–H groups in total. The van der Waals surface area contributed by atoms with E-state index in [1.165, 1.54) is 24.3 Å². The summed E-state index contributed by atoms with van der Waals surface area (Å²) < 4.78 is 42.0. The number of hydrogen-bond acceptors (Lipinski definition) is 2. The molecule has 0 bridgehead atoms. The topological polar surface area (TPSA) is 26.3 Å². The SMILES string of the molecule is CCOC(=O)C=Cc1ccc(C(F)(F)F)c(Br)c1. The van der Waals surface area contributed by atoms with E-state index in [0.29, 0.717) is 5.56 Å². The average Bonchev–Trinajstić information content (AvgIpc) is 2.25. The second-order valence-corrected chi connectivity index (χ2v) is 4.18. The lowest BCUT2D eigenvalue weighted by Crippen LogP contribution is -2.05. The molecule has 1 rings (SSSR count). The highest BCUT2D eigenvalue weighted by molar-refractivity contribution is 9.10. The maximum atomic E-state index is 12.5. The average molecular weight is 323 g/mol. The summed E-state index contributed by atoms with van der Waals surface area (Å²) in [6, 6.07) is 3.52. The smallest absolute Gasteiger partial charge is 0.417 e. The summed E-state index contributed by atoms with van der Waals surface area (Å²) in [6.07, 6.45) is -1.84. The molecule has 1 aromatic rings. The highest BCUT2D eigenvalue weighted by Crippen LogP contribution is 2.35. The Balaban J connectivity index is 2.89. The molecule has 0 radical (unpaired) electrons. The molecule has 0 aliphatic carbocycles. The van der Waals surface area contributed by atoms with Crippen LogP contribution in [0.2, 0.25) is 0 Å². The molecule has 0 aromatic heterocycles. The predicted octanol–water partition coefficient (Wildman–Crippen LogP) is 4.04. The first-order valence-electron chi connectivity index (χ1n) is 5.06. The van der Waals surface area contributed by atoms with Crippen molar-refractivity contribution in [3.05, 3.63) is 39.9 Å². The first-order chi connectivity index (χ1) is 8.34. The van der Waals surface area contributed by atoms with Crippen molar-refractivity contribution in [2.45, 2.75) is 13.1 Å². The largest absolute Gasteiger partial charge is 0.463 e. The summed E-state index contributed by atoms with van der Waals surface area (Å²) in [6.45, 7) is 1.92. The van der Waals surface area contributed by atoms with Crippen LogP contribution in [-0.4, -0.2) is 12.6 Å². The van der Waals surface area contributed by atoms with E-state index < -0.39 is 17.7 Å². The van der Waals surface area contributed by atoms with Crippen LogP contribution in [0, 0.1) is 0 Å². The predicted molar refractivity (Wildman–Crippen MR) is 64.8 cm³/mol. The highest BCUT2D eigenvalue weighted by atomic mass is 79.9. The van der Waals surface area contributed by atoms with E-state index >= 15 is 0 Å². The second kappa shape index (κ2) is 6.04. The normalized spacial score (nSPS) is 11.8. The third-order valence-corrected chi connectivity index (χ3v) is 2.65. The third kappa shape index (κ3) is 4.18. The van der Waals surface area contributed by atoms with Gasteiger partial charge in [0.2, 0.25) is 0 Å². The fraction of sp³-hybridized carbons (Fsp3) is 0.250. The Labute approximate surface area is 111 Å². The van der Waals surface area contributed by atoms with Crippen LogP contribution in [0.3, 0.4) is 0 Å². The van der Waals surface area contributed by atoms with Gasteiger partial charge in [0.1, 0.15) is 0 Å². The molecule has 0 fully saturated rings. The molecule has 0 spiro atoms. The minimum absolute atomic E-state index is 0.0685. The molecule has 0 saturated carbocycles. The highest BCUT2D eigenvalue weighted by Gasteiger charge is 2.32. The molecule has 0 amide bonds. The number of carbonyl (C=O) groups excluding carboxylic acids is 1. The van der Waals surface area contributed by atoms with Crippen LogP contribution in [0.1, 0.15) is 18.1 Å². The monoisotopic (exact) mass is 322 g/mol. The van der Waals surface area contributed by atoms with Gasteiger partial charge in [-0.3, -0.25) is 0 Å². The van der Waals surface area contributed by atoms with Gasteiger partial charge in [0.15, 0.2) is 0 Å². The van der Waals surface area contributed by atoms with E-state index in [-0.39, 0.29) is 11.1 Å². The standard InChI is InChI=1S/C12H10BrF3O2/c1-2-18-11(17)6-4-8-3-5-9(10(13)7-8)12(14,15)16/h3-7H,2H2,1H3. The molecule has 0 saturated heterocycles. The molecular formula is C12H10BrF3O2. The number of esters is 1. The van der Waals surface area contributed by atoms with Crippen molar-refractivity contribution >= 4 is 28.0 Å². The molecular weight excluding hydrogens is 313 g/mol. The van der Waals surface area contributed by atoms with Gasteiger partial charge < -0.3 is 4.74 Å². The number of halogens is 4. The van der Waals surface area contributed by atoms with Crippen molar-refractivity contribution in [3.63, 3.8) is 0 Å². The van der Waals surface area contributed by atoms with E-state index in [2.05, 4.69) is 20.7 Å². The zero-order valence-corrected chi connectivity index (χ0v) is 11.0. The fourth-order valence-electron chi connectivity index (χ4n) is 1.22. The van der Waals surface area contributed by atoms with Crippen LogP contribution in [0.4, 0.5) is 13.2 Å². The minimum atomic E-state index is -4.40. The van der Waals surface area contributed by atoms with E-state index in [0.717, 1.165) is 6.07 Å². The van der Waals surface area contributed by atoms with E-state index in [1.54, 1.807) is 6.92 Å². The quantitative estimate of drug-likeness (QED) is 0.620. The molecule has 1 aromatic carbocycles. The number of ether oxygens (including phenoxy) is 1. The lowest BCUT2D eigenvalue weighted by Gasteiger charge is -2.09. The summed E-state index contributed by atoms with van der Waals surface area (Å²) in [5, 5.41) is 0. The van der Waals surface area contributed by atoms with Gasteiger partial charge in [-0.05, 0) is 30.7 Å². The summed E-state index contributed by atoms with van der Waals surface area (Å²) in [5.74, 6) is -0.534. The Hall–Kier alpha value is -1.30. The summed E-state index contributed by atoms with van der Waals surface area (Å²) in [7, 11) is 0. The Morgan fingerprint density at radius 1 is 1.44 bits per heavy atom. The Morgan fingerprint density at radius 3 is 2.61 bits per heavy atom. The zero-order chi connectivity index (χ0) is 13.8. The minimum Gasteiger partial charge on any atom is -0.463 e. The first-order valence-corrected chi connectivity index (χ1v) is 5.85. The van der Waals surface area contributed by atoms with Gasteiger partial charge in [0.25, 0.3) is 0 Å². The van der Waals surface area contributed by atoms with Crippen LogP contribution in [0.5, 0.6) is 0 Å². The molecule has 98 valence electrons. The molecule has 2 nitrogen and oxygen atoms in total. The Morgan fingerprint density at radius 2 is 2.11 bits per heavy atom. The summed E-state index contributed by atoms with van der Waals surface area (Å²) >= 11 is 2.85. The number of hydrogen-bond donors (Lipinski definition) is 0. The number of benzene rings is 1. The van der Waals surface area contributed by atoms with E-state index in [1.807, 2.05) is 0 Å². The molecule has 0 aliphatic heterocycles. The lowest BCUT2D eigenvalue weighted by molar-refractivity contribution is -0.138. The van der Waals surface area contributed by atoms with Crippen LogP contribution < -0.4 is 0 Å². The molecule has 0 atom stereocenters. The van der Waals surface area contributed by atoms with Crippen molar-refractivity contribution in [1.82, 2.24) is 0 Å². The van der Waals surface area contributed by atoms with E-state index in [9.17, 15) is 18.0 Å². The lowest BCUT2D eigenvalue weighted by atomic mass is 10.1. The molecule has 6 heteroatoms. The van der Waals surface area contributed by atoms with Gasteiger partial charge in [0.05, 0.1) is 12.2 Å². The summed E-state index contributed by atoms with van der Waals surface area (Å²) in [4.78, 5) is 11.0. The van der Waals surface area contributed by atoms with Crippen LogP contribution in [0.25, 0.3) is 6.08 Å². The van der Waals surface area contributed by atoms with E-state index in [4.69, 9.17) is 0 Å². The molecule has 0 aliphatic rings. The van der Waals surface area contributed by atoms with Crippen LogP contribution in [-0.2, 0) is 15.7 Å². The van der Waals surface area contributed by atoms with Crippen LogP contribution in [0.15, 0.2) is 28.7 Å². The van der Waals surface area contributed by atoms with Crippen molar-refractivity contribution in [2.75, 3.05) is 6.61 Å². The van der Waals surface area contributed by atoms with Gasteiger partial charge >= 0.3 is 12.1 Å². The number of rotatable bonds is 3. The van der Waals surface area contributed by atoms with Crippen LogP contribution >= 0.6 is 15.9 Å². The first kappa shape index (κ1) is 14.8. The Bertz CT molecular complexity index is 467. The second-order valence-electron chi connectivity index (χ2n) is 3.32. The molecule has 18 heavy (non-hydrogen) atoms. The maximum Gasteiger partial charge on any atom is 0.417 e. The van der Waals surface area contributed by atoms with Gasteiger partial charge in [0, 0.05) is 10.5 Å². The van der Waals surface area contributed by atoms with Crippen molar-refractivity contribution in [1.29, 1.82) is 0 Å². The van der Waals surface area contributed by atoms with Crippen molar-refractivity contribution in [3.8, 4) is 0 Å². The fourth-order valence-corrected chi connectivity index (χ4v) is 1.84. The third-order valence-electron chi connectivity index (χ3n) is 2.00. The van der Waals surface area contributed by atoms with Crippen molar-refractivity contribution < 1.29 is 22.7 Å². The van der Waals surface area contributed by atoms with Crippen molar-refractivity contribution in [2.24, 2.45) is 0 Å². The maximum absolute atomic E-state index is 12.5. The van der Waals surface area contributed by atoms with Gasteiger partial charge in [-0.25, -0.2) is 4.79 Å². The molecule has 0 heterocycles. The van der Waals surface area contributed by atoms with Gasteiger partial charge in [-0.1, -0.05) is 22.0 Å². The zero-order valence-electron chi connectivity index (χ0n) is 9.42. The summed E-state index contributed by atoms with van der Waals surface area (Å²) in [5.41, 5.74) is -0.279.